The third-order valence-electron chi connectivity index (χ3n) is 3.49. The highest BCUT2D eigenvalue weighted by Crippen LogP contribution is 2.35. The van der Waals surface area contributed by atoms with Crippen molar-refractivity contribution in [1.82, 2.24) is 0 Å². The second-order valence-electron chi connectivity index (χ2n) is 4.50. The molecule has 1 fully saturated rings. The van der Waals surface area contributed by atoms with Crippen LogP contribution in [0.25, 0.3) is 0 Å². The molecule has 3 atom stereocenters. The van der Waals surface area contributed by atoms with E-state index in [1.54, 1.807) is 0 Å². The molecule has 0 spiro atoms. The Labute approximate surface area is 77.1 Å². The van der Waals surface area contributed by atoms with Gasteiger partial charge in [0.1, 0.15) is 0 Å². The molecule has 0 N–H and O–H groups in total. The monoisotopic (exact) mass is 166 g/mol. The average Bonchev–Trinajstić information content (AvgIpc) is 2.07. The van der Waals surface area contributed by atoms with E-state index in [0.717, 1.165) is 17.8 Å². The summed E-state index contributed by atoms with van der Waals surface area (Å²) in [5.74, 6) is 2.91. The molecule has 0 amide bonds. The van der Waals surface area contributed by atoms with Crippen molar-refractivity contribution in [3.63, 3.8) is 0 Å². The number of hydrogen-bond acceptors (Lipinski definition) is 0. The fourth-order valence-corrected chi connectivity index (χ4v) is 2.27. The van der Waals surface area contributed by atoms with E-state index in [0.29, 0.717) is 0 Å². The van der Waals surface area contributed by atoms with Gasteiger partial charge in [-0.2, -0.15) is 0 Å². The molecule has 0 aliphatic heterocycles. The van der Waals surface area contributed by atoms with E-state index in [9.17, 15) is 0 Å². The summed E-state index contributed by atoms with van der Waals surface area (Å²) in [7, 11) is 0. The summed E-state index contributed by atoms with van der Waals surface area (Å²) < 4.78 is 0. The van der Waals surface area contributed by atoms with E-state index in [1.165, 1.54) is 32.1 Å². The number of rotatable bonds is 3. The molecule has 1 rings (SSSR count). The van der Waals surface area contributed by atoms with Gasteiger partial charge in [-0.25, -0.2) is 0 Å². The van der Waals surface area contributed by atoms with Gasteiger partial charge >= 0.3 is 0 Å². The smallest absolute Gasteiger partial charge is 0.0351 e. The first-order chi connectivity index (χ1) is 5.74. The molecule has 0 aromatic heterocycles. The molecule has 12 heavy (non-hydrogen) atoms. The zero-order valence-corrected chi connectivity index (χ0v) is 8.55. The highest BCUT2D eigenvalue weighted by Gasteiger charge is 2.23. The molecule has 0 aromatic carbocycles. The van der Waals surface area contributed by atoms with Crippen molar-refractivity contribution >= 4 is 0 Å². The first-order valence-electron chi connectivity index (χ1n) is 5.35. The SMILES string of the molecule is C=CCCC1CCC(C)C(C)C1. The van der Waals surface area contributed by atoms with E-state index in [-0.39, 0.29) is 0 Å². The van der Waals surface area contributed by atoms with Crippen molar-refractivity contribution in [3.05, 3.63) is 12.7 Å². The third-order valence-corrected chi connectivity index (χ3v) is 3.49. The largest absolute Gasteiger partial charge is 0.103 e. The molecule has 0 heterocycles. The van der Waals surface area contributed by atoms with Crippen LogP contribution in [0.4, 0.5) is 0 Å². The molecule has 0 aromatic rings. The van der Waals surface area contributed by atoms with Crippen LogP contribution in [0.5, 0.6) is 0 Å². The van der Waals surface area contributed by atoms with E-state index in [2.05, 4.69) is 26.5 Å². The van der Waals surface area contributed by atoms with Crippen LogP contribution >= 0.6 is 0 Å². The quantitative estimate of drug-likeness (QED) is 0.555. The van der Waals surface area contributed by atoms with Crippen molar-refractivity contribution in [3.8, 4) is 0 Å². The molecule has 70 valence electrons. The minimum Gasteiger partial charge on any atom is -0.103 e. The van der Waals surface area contributed by atoms with Crippen LogP contribution in [0, 0.1) is 17.8 Å². The van der Waals surface area contributed by atoms with E-state index >= 15 is 0 Å². The van der Waals surface area contributed by atoms with Gasteiger partial charge in [-0.3, -0.25) is 0 Å². The lowest BCUT2D eigenvalue weighted by Crippen LogP contribution is -2.20. The summed E-state index contributed by atoms with van der Waals surface area (Å²) >= 11 is 0. The zero-order valence-electron chi connectivity index (χ0n) is 8.55. The molecule has 0 bridgehead atoms. The van der Waals surface area contributed by atoms with Crippen LogP contribution < -0.4 is 0 Å². The Morgan fingerprint density at radius 3 is 2.58 bits per heavy atom. The lowest BCUT2D eigenvalue weighted by atomic mass is 9.74. The van der Waals surface area contributed by atoms with Gasteiger partial charge in [-0.1, -0.05) is 32.8 Å². The van der Waals surface area contributed by atoms with Crippen molar-refractivity contribution in [1.29, 1.82) is 0 Å². The molecule has 0 heteroatoms. The topological polar surface area (TPSA) is 0 Å². The van der Waals surface area contributed by atoms with E-state index in [4.69, 9.17) is 0 Å². The summed E-state index contributed by atoms with van der Waals surface area (Å²) in [4.78, 5) is 0. The maximum atomic E-state index is 3.78. The van der Waals surface area contributed by atoms with Crippen molar-refractivity contribution in [2.45, 2.75) is 46.0 Å². The zero-order chi connectivity index (χ0) is 8.97. The van der Waals surface area contributed by atoms with E-state index in [1.807, 2.05) is 0 Å². The van der Waals surface area contributed by atoms with E-state index < -0.39 is 0 Å². The van der Waals surface area contributed by atoms with Gasteiger partial charge in [-0.05, 0) is 37.0 Å². The fraction of sp³-hybridized carbons (Fsp3) is 0.833. The van der Waals surface area contributed by atoms with Gasteiger partial charge in [0.2, 0.25) is 0 Å². The van der Waals surface area contributed by atoms with Gasteiger partial charge in [0, 0.05) is 0 Å². The Kier molecular flexibility index (Phi) is 3.84. The van der Waals surface area contributed by atoms with Crippen LogP contribution in [-0.2, 0) is 0 Å². The average molecular weight is 166 g/mol. The molecule has 1 aliphatic rings. The van der Waals surface area contributed by atoms with Gasteiger partial charge in [0.15, 0.2) is 0 Å². The summed E-state index contributed by atoms with van der Waals surface area (Å²) in [6.07, 6.45) is 9.01. The molecule has 0 saturated heterocycles. The standard InChI is InChI=1S/C12H22/c1-4-5-6-12-8-7-10(2)11(3)9-12/h4,10-12H,1,5-9H2,2-3H3. The molecule has 3 unspecified atom stereocenters. The van der Waals surface area contributed by atoms with Gasteiger partial charge in [0.05, 0.1) is 0 Å². The minimum atomic E-state index is 0.952. The molecular weight excluding hydrogens is 144 g/mol. The first kappa shape index (κ1) is 9.83. The summed E-state index contributed by atoms with van der Waals surface area (Å²) in [5.41, 5.74) is 0. The summed E-state index contributed by atoms with van der Waals surface area (Å²) in [6, 6.07) is 0. The second-order valence-corrected chi connectivity index (χ2v) is 4.50. The Morgan fingerprint density at radius 1 is 1.25 bits per heavy atom. The van der Waals surface area contributed by atoms with Crippen molar-refractivity contribution < 1.29 is 0 Å². The number of hydrogen-bond donors (Lipinski definition) is 0. The molecule has 0 radical (unpaired) electrons. The van der Waals surface area contributed by atoms with Gasteiger partial charge in [0.25, 0.3) is 0 Å². The Balaban J connectivity index is 2.25. The highest BCUT2D eigenvalue weighted by molar-refractivity contribution is 4.77. The van der Waals surface area contributed by atoms with Gasteiger partial charge < -0.3 is 0 Å². The summed E-state index contributed by atoms with van der Waals surface area (Å²) in [5, 5.41) is 0. The predicted octanol–water partition coefficient (Wildman–Crippen LogP) is 4.02. The van der Waals surface area contributed by atoms with Crippen LogP contribution in [0.3, 0.4) is 0 Å². The maximum absolute atomic E-state index is 3.78. The van der Waals surface area contributed by atoms with Crippen LogP contribution in [0.15, 0.2) is 12.7 Å². The highest BCUT2D eigenvalue weighted by atomic mass is 14.3. The normalized spacial score (nSPS) is 36.3. The molecule has 1 saturated carbocycles. The molecule has 0 nitrogen and oxygen atoms in total. The Hall–Kier alpha value is -0.260. The Bertz CT molecular complexity index is 137. The lowest BCUT2D eigenvalue weighted by molar-refractivity contribution is 0.201. The van der Waals surface area contributed by atoms with Crippen LogP contribution in [-0.4, -0.2) is 0 Å². The molecular formula is C12H22. The predicted molar refractivity (Wildman–Crippen MR) is 55.1 cm³/mol. The Morgan fingerprint density at radius 2 is 2.00 bits per heavy atom. The minimum absolute atomic E-state index is 0.952. The lowest BCUT2D eigenvalue weighted by Gasteiger charge is -2.31. The third kappa shape index (κ3) is 2.66. The second kappa shape index (κ2) is 4.69. The van der Waals surface area contributed by atoms with Crippen molar-refractivity contribution in [2.75, 3.05) is 0 Å². The van der Waals surface area contributed by atoms with Crippen molar-refractivity contribution in [2.24, 2.45) is 17.8 Å². The van der Waals surface area contributed by atoms with Crippen LogP contribution in [0.1, 0.15) is 46.0 Å². The van der Waals surface area contributed by atoms with Gasteiger partial charge in [-0.15, -0.1) is 6.58 Å². The molecule has 1 aliphatic carbocycles. The van der Waals surface area contributed by atoms with Crippen LogP contribution in [0.2, 0.25) is 0 Å². The summed E-state index contributed by atoms with van der Waals surface area (Å²) in [6.45, 7) is 8.58. The fourth-order valence-electron chi connectivity index (χ4n) is 2.27. The first-order valence-corrected chi connectivity index (χ1v) is 5.35. The number of allylic oxidation sites excluding steroid dienone is 1. The maximum Gasteiger partial charge on any atom is -0.0351 e.